The standard InChI is InChI=1S/C12H11Cl2NS/c1-8(15-10-4-5-16-7-10)11-3-2-9(13)6-12(11)14/h2-8,15H,1H3. The molecule has 84 valence electrons. The van der Waals surface area contributed by atoms with Gasteiger partial charge in [0, 0.05) is 21.1 Å². The summed E-state index contributed by atoms with van der Waals surface area (Å²) in [5.41, 5.74) is 2.17. The molecular weight excluding hydrogens is 261 g/mol. The van der Waals surface area contributed by atoms with Crippen LogP contribution >= 0.6 is 34.5 Å². The molecule has 1 nitrogen and oxygen atoms in total. The van der Waals surface area contributed by atoms with Gasteiger partial charge in [0.25, 0.3) is 0 Å². The zero-order chi connectivity index (χ0) is 11.5. The normalized spacial score (nSPS) is 12.4. The van der Waals surface area contributed by atoms with Crippen LogP contribution in [0.1, 0.15) is 18.5 Å². The van der Waals surface area contributed by atoms with Gasteiger partial charge in [-0.1, -0.05) is 29.3 Å². The van der Waals surface area contributed by atoms with Crippen LogP contribution in [0.2, 0.25) is 10.0 Å². The first-order valence-electron chi connectivity index (χ1n) is 4.90. The molecule has 1 atom stereocenters. The van der Waals surface area contributed by atoms with Crippen molar-refractivity contribution in [3.63, 3.8) is 0 Å². The topological polar surface area (TPSA) is 12.0 Å². The number of anilines is 1. The summed E-state index contributed by atoms with van der Waals surface area (Å²) in [6.07, 6.45) is 0. The van der Waals surface area contributed by atoms with Gasteiger partial charge in [0.05, 0.1) is 6.04 Å². The van der Waals surface area contributed by atoms with Gasteiger partial charge in [0.1, 0.15) is 0 Å². The minimum absolute atomic E-state index is 0.166. The fourth-order valence-corrected chi connectivity index (χ4v) is 2.70. The molecule has 0 spiro atoms. The van der Waals surface area contributed by atoms with Crippen LogP contribution < -0.4 is 5.32 Å². The van der Waals surface area contributed by atoms with E-state index in [0.717, 1.165) is 11.3 Å². The van der Waals surface area contributed by atoms with Crippen molar-refractivity contribution in [1.29, 1.82) is 0 Å². The van der Waals surface area contributed by atoms with Gasteiger partial charge in [-0.2, -0.15) is 11.3 Å². The number of thiophene rings is 1. The largest absolute Gasteiger partial charge is 0.378 e. The minimum Gasteiger partial charge on any atom is -0.378 e. The highest BCUT2D eigenvalue weighted by Crippen LogP contribution is 2.28. The van der Waals surface area contributed by atoms with Crippen LogP contribution in [0, 0.1) is 0 Å². The van der Waals surface area contributed by atoms with Gasteiger partial charge in [0.15, 0.2) is 0 Å². The van der Waals surface area contributed by atoms with Gasteiger partial charge in [-0.3, -0.25) is 0 Å². The molecule has 0 saturated heterocycles. The summed E-state index contributed by atoms with van der Waals surface area (Å²) in [5, 5.41) is 8.85. The molecule has 1 aromatic carbocycles. The van der Waals surface area contributed by atoms with E-state index in [-0.39, 0.29) is 6.04 Å². The van der Waals surface area contributed by atoms with E-state index in [9.17, 15) is 0 Å². The molecular formula is C12H11Cl2NS. The molecule has 0 aliphatic heterocycles. The van der Waals surface area contributed by atoms with Crippen molar-refractivity contribution >= 4 is 40.2 Å². The van der Waals surface area contributed by atoms with E-state index in [4.69, 9.17) is 23.2 Å². The first kappa shape index (κ1) is 11.8. The third-order valence-corrected chi connectivity index (χ3v) is 3.58. The number of hydrogen-bond acceptors (Lipinski definition) is 2. The number of halogens is 2. The Balaban J connectivity index is 2.17. The Morgan fingerprint density at radius 3 is 2.69 bits per heavy atom. The lowest BCUT2D eigenvalue weighted by atomic mass is 10.1. The second kappa shape index (κ2) is 5.09. The fourth-order valence-electron chi connectivity index (χ4n) is 1.53. The lowest BCUT2D eigenvalue weighted by Crippen LogP contribution is -2.06. The summed E-state index contributed by atoms with van der Waals surface area (Å²) in [7, 11) is 0. The summed E-state index contributed by atoms with van der Waals surface area (Å²) in [5.74, 6) is 0. The van der Waals surface area contributed by atoms with Crippen molar-refractivity contribution in [1.82, 2.24) is 0 Å². The van der Waals surface area contributed by atoms with E-state index in [1.54, 1.807) is 17.4 Å². The lowest BCUT2D eigenvalue weighted by Gasteiger charge is -2.16. The van der Waals surface area contributed by atoms with Crippen LogP contribution in [-0.4, -0.2) is 0 Å². The second-order valence-electron chi connectivity index (χ2n) is 3.54. The highest BCUT2D eigenvalue weighted by molar-refractivity contribution is 7.08. The molecule has 2 aromatic rings. The van der Waals surface area contributed by atoms with Gasteiger partial charge >= 0.3 is 0 Å². The summed E-state index contributed by atoms with van der Waals surface area (Å²) in [6.45, 7) is 2.08. The van der Waals surface area contributed by atoms with Gasteiger partial charge in [0.2, 0.25) is 0 Å². The van der Waals surface area contributed by atoms with Crippen molar-refractivity contribution < 1.29 is 0 Å². The minimum atomic E-state index is 0.166. The van der Waals surface area contributed by atoms with Crippen molar-refractivity contribution in [3.8, 4) is 0 Å². The van der Waals surface area contributed by atoms with Gasteiger partial charge in [-0.05, 0) is 36.1 Å². The highest BCUT2D eigenvalue weighted by atomic mass is 35.5. The Morgan fingerprint density at radius 1 is 1.25 bits per heavy atom. The maximum Gasteiger partial charge on any atom is 0.0500 e. The van der Waals surface area contributed by atoms with E-state index in [0.29, 0.717) is 10.0 Å². The molecule has 0 aliphatic rings. The van der Waals surface area contributed by atoms with E-state index in [2.05, 4.69) is 17.6 Å². The molecule has 1 aromatic heterocycles. The number of nitrogens with one attached hydrogen (secondary N) is 1. The second-order valence-corrected chi connectivity index (χ2v) is 5.17. The predicted molar refractivity (Wildman–Crippen MR) is 72.8 cm³/mol. The van der Waals surface area contributed by atoms with E-state index < -0.39 is 0 Å². The number of hydrogen-bond donors (Lipinski definition) is 1. The third kappa shape index (κ3) is 2.70. The van der Waals surface area contributed by atoms with Crippen LogP contribution in [0.3, 0.4) is 0 Å². The van der Waals surface area contributed by atoms with Crippen LogP contribution in [-0.2, 0) is 0 Å². The molecule has 2 rings (SSSR count). The molecule has 0 saturated carbocycles. The summed E-state index contributed by atoms with van der Waals surface area (Å²) in [4.78, 5) is 0. The summed E-state index contributed by atoms with van der Waals surface area (Å²) in [6, 6.07) is 7.79. The number of benzene rings is 1. The Labute approximate surface area is 109 Å². The van der Waals surface area contributed by atoms with Crippen LogP contribution in [0.4, 0.5) is 5.69 Å². The molecule has 0 bridgehead atoms. The molecule has 16 heavy (non-hydrogen) atoms. The average molecular weight is 272 g/mol. The quantitative estimate of drug-likeness (QED) is 0.806. The van der Waals surface area contributed by atoms with E-state index in [1.807, 2.05) is 23.6 Å². The Bertz CT molecular complexity index is 468. The van der Waals surface area contributed by atoms with Crippen LogP contribution in [0.25, 0.3) is 0 Å². The third-order valence-electron chi connectivity index (χ3n) is 2.33. The Kier molecular flexibility index (Phi) is 3.74. The first-order valence-corrected chi connectivity index (χ1v) is 6.60. The molecule has 0 radical (unpaired) electrons. The van der Waals surface area contributed by atoms with Crippen molar-refractivity contribution in [2.75, 3.05) is 5.32 Å². The molecule has 1 unspecified atom stereocenters. The lowest BCUT2D eigenvalue weighted by molar-refractivity contribution is 0.886. The predicted octanol–water partition coefficient (Wildman–Crippen LogP) is 5.23. The smallest absolute Gasteiger partial charge is 0.0500 e. The van der Waals surface area contributed by atoms with Crippen molar-refractivity contribution in [2.24, 2.45) is 0 Å². The van der Waals surface area contributed by atoms with Crippen molar-refractivity contribution in [2.45, 2.75) is 13.0 Å². The van der Waals surface area contributed by atoms with Crippen molar-refractivity contribution in [3.05, 3.63) is 50.6 Å². The van der Waals surface area contributed by atoms with Gasteiger partial charge in [-0.25, -0.2) is 0 Å². The molecule has 4 heteroatoms. The fraction of sp³-hybridized carbons (Fsp3) is 0.167. The summed E-state index contributed by atoms with van der Waals surface area (Å²) >= 11 is 13.7. The maximum atomic E-state index is 6.14. The summed E-state index contributed by atoms with van der Waals surface area (Å²) < 4.78 is 0. The monoisotopic (exact) mass is 271 g/mol. The van der Waals surface area contributed by atoms with Crippen LogP contribution in [0.15, 0.2) is 35.0 Å². The molecule has 0 aliphatic carbocycles. The molecule has 0 amide bonds. The Hall–Kier alpha value is -0.700. The molecule has 0 fully saturated rings. The van der Waals surface area contributed by atoms with E-state index in [1.165, 1.54) is 0 Å². The Morgan fingerprint density at radius 2 is 2.06 bits per heavy atom. The van der Waals surface area contributed by atoms with Gasteiger partial charge in [-0.15, -0.1) is 0 Å². The average Bonchev–Trinajstić information content (AvgIpc) is 2.70. The zero-order valence-electron chi connectivity index (χ0n) is 8.71. The maximum absolute atomic E-state index is 6.14. The van der Waals surface area contributed by atoms with Gasteiger partial charge < -0.3 is 5.32 Å². The number of rotatable bonds is 3. The SMILES string of the molecule is CC(Nc1ccsc1)c1ccc(Cl)cc1Cl. The molecule has 1 heterocycles. The van der Waals surface area contributed by atoms with E-state index >= 15 is 0 Å². The first-order chi connectivity index (χ1) is 7.66. The highest BCUT2D eigenvalue weighted by Gasteiger charge is 2.09. The zero-order valence-corrected chi connectivity index (χ0v) is 11.0. The van der Waals surface area contributed by atoms with Crippen LogP contribution in [0.5, 0.6) is 0 Å². The molecule has 1 N–H and O–H groups in total.